The van der Waals surface area contributed by atoms with Gasteiger partial charge in [0.1, 0.15) is 5.75 Å². The van der Waals surface area contributed by atoms with E-state index in [0.717, 1.165) is 18.8 Å². The zero-order valence-corrected chi connectivity index (χ0v) is 9.74. The predicted molar refractivity (Wildman–Crippen MR) is 63.7 cm³/mol. The van der Waals surface area contributed by atoms with Gasteiger partial charge in [0, 0.05) is 6.54 Å². The van der Waals surface area contributed by atoms with Crippen LogP contribution >= 0.6 is 0 Å². The molecule has 1 aliphatic rings. The lowest BCUT2D eigenvalue weighted by Crippen LogP contribution is -2.35. The van der Waals surface area contributed by atoms with Gasteiger partial charge in [-0.25, -0.2) is 0 Å². The van der Waals surface area contributed by atoms with Crippen molar-refractivity contribution in [1.29, 1.82) is 0 Å². The van der Waals surface area contributed by atoms with Crippen molar-refractivity contribution >= 4 is 0 Å². The van der Waals surface area contributed by atoms with Gasteiger partial charge in [-0.1, -0.05) is 12.1 Å². The lowest BCUT2D eigenvalue weighted by Gasteiger charge is -2.23. The highest BCUT2D eigenvalue weighted by atomic mass is 16.5. The van der Waals surface area contributed by atoms with Crippen molar-refractivity contribution in [3.05, 3.63) is 29.8 Å². The quantitative estimate of drug-likeness (QED) is 0.843. The third kappa shape index (κ3) is 3.22. The van der Waals surface area contributed by atoms with E-state index in [1.54, 1.807) is 7.11 Å². The summed E-state index contributed by atoms with van der Waals surface area (Å²) in [5.41, 5.74) is 1.20. The molecule has 2 rings (SSSR count). The Labute approximate surface area is 96.8 Å². The Balaban J connectivity index is 1.79. The van der Waals surface area contributed by atoms with Crippen LogP contribution in [0.1, 0.15) is 18.4 Å². The first-order chi connectivity index (χ1) is 7.88. The van der Waals surface area contributed by atoms with Gasteiger partial charge < -0.3 is 14.8 Å². The second-order valence-corrected chi connectivity index (χ2v) is 4.13. The van der Waals surface area contributed by atoms with Gasteiger partial charge in [0.25, 0.3) is 0 Å². The molecule has 16 heavy (non-hydrogen) atoms. The molecule has 1 N–H and O–H groups in total. The Hall–Kier alpha value is -1.06. The van der Waals surface area contributed by atoms with Crippen molar-refractivity contribution < 1.29 is 9.47 Å². The van der Waals surface area contributed by atoms with E-state index < -0.39 is 0 Å². The molecule has 0 aliphatic carbocycles. The van der Waals surface area contributed by atoms with Crippen molar-refractivity contribution in [3.8, 4) is 5.75 Å². The minimum absolute atomic E-state index is 0.371. The van der Waals surface area contributed by atoms with Crippen molar-refractivity contribution in [1.82, 2.24) is 5.32 Å². The minimum atomic E-state index is 0.371. The largest absolute Gasteiger partial charge is 0.497 e. The van der Waals surface area contributed by atoms with E-state index in [9.17, 15) is 0 Å². The second kappa shape index (κ2) is 5.87. The van der Waals surface area contributed by atoms with Crippen molar-refractivity contribution in [2.24, 2.45) is 0 Å². The zero-order chi connectivity index (χ0) is 11.2. The van der Waals surface area contributed by atoms with Crippen LogP contribution in [0.3, 0.4) is 0 Å². The van der Waals surface area contributed by atoms with Gasteiger partial charge in [-0.2, -0.15) is 0 Å². The van der Waals surface area contributed by atoms with Crippen molar-refractivity contribution in [2.45, 2.75) is 25.6 Å². The Morgan fingerprint density at radius 1 is 1.31 bits per heavy atom. The first-order valence-corrected chi connectivity index (χ1v) is 5.84. The average Bonchev–Trinajstić information content (AvgIpc) is 2.38. The predicted octanol–water partition coefficient (Wildman–Crippen LogP) is 1.96. The van der Waals surface area contributed by atoms with Gasteiger partial charge >= 0.3 is 0 Å². The van der Waals surface area contributed by atoms with Crippen LogP contribution in [0, 0.1) is 0 Å². The molecule has 1 aliphatic heterocycles. The Bertz CT molecular complexity index is 304. The summed E-state index contributed by atoms with van der Waals surface area (Å²) in [7, 11) is 1.68. The summed E-state index contributed by atoms with van der Waals surface area (Å²) in [6, 6.07) is 8.04. The minimum Gasteiger partial charge on any atom is -0.497 e. The normalized spacial score (nSPS) is 20.7. The monoisotopic (exact) mass is 221 g/mol. The fourth-order valence-corrected chi connectivity index (χ4v) is 1.90. The molecule has 0 unspecified atom stereocenters. The third-order valence-corrected chi connectivity index (χ3v) is 2.90. The number of piperidine rings is 1. The Morgan fingerprint density at radius 3 is 2.75 bits per heavy atom. The lowest BCUT2D eigenvalue weighted by molar-refractivity contribution is 0.0253. The first kappa shape index (κ1) is 11.4. The van der Waals surface area contributed by atoms with Gasteiger partial charge in [-0.05, 0) is 37.1 Å². The molecule has 0 bridgehead atoms. The van der Waals surface area contributed by atoms with Gasteiger partial charge in [0.05, 0.1) is 19.8 Å². The molecule has 0 amide bonds. The van der Waals surface area contributed by atoms with E-state index in [1.807, 2.05) is 12.1 Å². The van der Waals surface area contributed by atoms with E-state index in [-0.39, 0.29) is 0 Å². The first-order valence-electron chi connectivity index (χ1n) is 5.84. The van der Waals surface area contributed by atoms with Crippen LogP contribution < -0.4 is 10.1 Å². The zero-order valence-electron chi connectivity index (χ0n) is 9.74. The SMILES string of the molecule is COc1ccc(CO[C@@H]2CCCNC2)cc1. The molecule has 3 heteroatoms. The highest BCUT2D eigenvalue weighted by Crippen LogP contribution is 2.14. The van der Waals surface area contributed by atoms with Crippen LogP contribution in [0.2, 0.25) is 0 Å². The molecule has 3 nitrogen and oxygen atoms in total. The standard InChI is InChI=1S/C13H19NO2/c1-15-12-6-4-11(5-7-12)10-16-13-3-2-8-14-9-13/h4-7,13-14H,2-3,8-10H2,1H3/t13-/m1/s1. The number of ether oxygens (including phenoxy) is 2. The molecule has 0 radical (unpaired) electrons. The summed E-state index contributed by atoms with van der Waals surface area (Å²) in [5, 5.41) is 3.34. The summed E-state index contributed by atoms with van der Waals surface area (Å²) in [6.07, 6.45) is 2.76. The number of benzene rings is 1. The smallest absolute Gasteiger partial charge is 0.118 e. The van der Waals surface area contributed by atoms with Gasteiger partial charge in [0.15, 0.2) is 0 Å². The highest BCUT2D eigenvalue weighted by molar-refractivity contribution is 5.26. The van der Waals surface area contributed by atoms with E-state index in [1.165, 1.54) is 18.4 Å². The van der Waals surface area contributed by atoms with E-state index in [2.05, 4.69) is 17.4 Å². The second-order valence-electron chi connectivity index (χ2n) is 4.13. The van der Waals surface area contributed by atoms with Crippen LogP contribution in [-0.2, 0) is 11.3 Å². The molecule has 0 saturated carbocycles. The number of methoxy groups -OCH3 is 1. The summed E-state index contributed by atoms with van der Waals surface area (Å²) in [4.78, 5) is 0. The van der Waals surface area contributed by atoms with Crippen LogP contribution in [0.5, 0.6) is 5.75 Å². The molecule has 1 aromatic rings. The van der Waals surface area contributed by atoms with Crippen LogP contribution in [0.4, 0.5) is 0 Å². The molecule has 1 atom stereocenters. The maximum absolute atomic E-state index is 5.84. The van der Waals surface area contributed by atoms with Crippen molar-refractivity contribution in [3.63, 3.8) is 0 Å². The summed E-state index contributed by atoms with van der Waals surface area (Å²) in [6.45, 7) is 2.80. The molecular weight excluding hydrogens is 202 g/mol. The van der Waals surface area contributed by atoms with Crippen molar-refractivity contribution in [2.75, 3.05) is 20.2 Å². The molecule has 88 valence electrons. The van der Waals surface area contributed by atoms with Gasteiger partial charge in [0.2, 0.25) is 0 Å². The fraction of sp³-hybridized carbons (Fsp3) is 0.538. The summed E-state index contributed by atoms with van der Waals surface area (Å²) >= 11 is 0. The molecule has 0 aromatic heterocycles. The number of hydrogen-bond acceptors (Lipinski definition) is 3. The van der Waals surface area contributed by atoms with E-state index >= 15 is 0 Å². The fourth-order valence-electron chi connectivity index (χ4n) is 1.90. The van der Waals surface area contributed by atoms with Crippen LogP contribution in [-0.4, -0.2) is 26.3 Å². The molecule has 1 fully saturated rings. The van der Waals surface area contributed by atoms with Gasteiger partial charge in [-0.3, -0.25) is 0 Å². The lowest BCUT2D eigenvalue weighted by atomic mass is 10.1. The van der Waals surface area contributed by atoms with E-state index in [4.69, 9.17) is 9.47 Å². The van der Waals surface area contributed by atoms with Gasteiger partial charge in [-0.15, -0.1) is 0 Å². The van der Waals surface area contributed by atoms with Crippen LogP contribution in [0.15, 0.2) is 24.3 Å². The topological polar surface area (TPSA) is 30.5 Å². The Kier molecular flexibility index (Phi) is 4.19. The molecule has 0 spiro atoms. The maximum Gasteiger partial charge on any atom is 0.118 e. The summed E-state index contributed by atoms with van der Waals surface area (Å²) in [5.74, 6) is 0.892. The molecular formula is C13H19NO2. The number of hydrogen-bond donors (Lipinski definition) is 1. The number of nitrogens with one attached hydrogen (secondary N) is 1. The third-order valence-electron chi connectivity index (χ3n) is 2.90. The number of rotatable bonds is 4. The maximum atomic E-state index is 5.84. The highest BCUT2D eigenvalue weighted by Gasteiger charge is 2.12. The molecule has 1 aromatic carbocycles. The van der Waals surface area contributed by atoms with E-state index in [0.29, 0.717) is 12.7 Å². The van der Waals surface area contributed by atoms with Crippen LogP contribution in [0.25, 0.3) is 0 Å². The molecule has 1 heterocycles. The molecule has 1 saturated heterocycles. The summed E-state index contributed by atoms with van der Waals surface area (Å²) < 4.78 is 11.0. The Morgan fingerprint density at radius 2 is 2.12 bits per heavy atom. The average molecular weight is 221 g/mol.